The molecule has 1 unspecified atom stereocenters. The molecular weight excluding hydrogens is 258 g/mol. The van der Waals surface area contributed by atoms with Gasteiger partial charge in [-0.05, 0) is 18.9 Å². The van der Waals surface area contributed by atoms with Gasteiger partial charge in [0.2, 0.25) is 0 Å². The molecule has 20 heavy (non-hydrogen) atoms. The van der Waals surface area contributed by atoms with Crippen molar-refractivity contribution in [1.29, 1.82) is 0 Å². The minimum absolute atomic E-state index is 0.241. The summed E-state index contributed by atoms with van der Waals surface area (Å²) in [6, 6.07) is 9.50. The Morgan fingerprint density at radius 2 is 2.00 bits per heavy atom. The van der Waals surface area contributed by atoms with Gasteiger partial charge in [-0.25, -0.2) is 4.79 Å². The van der Waals surface area contributed by atoms with Crippen LogP contribution in [0.15, 0.2) is 30.3 Å². The molecule has 1 aliphatic rings. The van der Waals surface area contributed by atoms with Gasteiger partial charge in [-0.15, -0.1) is 0 Å². The third-order valence-corrected chi connectivity index (χ3v) is 3.61. The third kappa shape index (κ3) is 3.10. The standard InChI is InChI=1S/C15H19NO4/c1-15(13(17)19-2)8-9-16(11-15)14(18)20-10-12-6-4-3-5-7-12/h3-7H,8-11H2,1-2H3. The summed E-state index contributed by atoms with van der Waals surface area (Å²) in [5.74, 6) is -0.282. The maximum atomic E-state index is 12.0. The van der Waals surface area contributed by atoms with E-state index in [0.717, 1.165) is 5.56 Å². The van der Waals surface area contributed by atoms with Crippen LogP contribution in [0.4, 0.5) is 4.79 Å². The minimum atomic E-state index is -0.624. The number of methoxy groups -OCH3 is 1. The predicted molar refractivity (Wildman–Crippen MR) is 72.9 cm³/mol. The lowest BCUT2D eigenvalue weighted by atomic mass is 9.90. The number of carbonyl (C=O) groups is 2. The molecule has 1 saturated heterocycles. The van der Waals surface area contributed by atoms with Crippen LogP contribution in [0.25, 0.3) is 0 Å². The molecule has 1 heterocycles. The van der Waals surface area contributed by atoms with Gasteiger partial charge in [0.1, 0.15) is 6.61 Å². The van der Waals surface area contributed by atoms with Crippen LogP contribution in [-0.4, -0.2) is 37.2 Å². The Morgan fingerprint density at radius 3 is 2.65 bits per heavy atom. The van der Waals surface area contributed by atoms with Gasteiger partial charge < -0.3 is 14.4 Å². The van der Waals surface area contributed by atoms with E-state index in [4.69, 9.17) is 9.47 Å². The lowest BCUT2D eigenvalue weighted by Crippen LogP contribution is -2.35. The molecule has 5 heteroatoms. The third-order valence-electron chi connectivity index (χ3n) is 3.61. The topological polar surface area (TPSA) is 55.8 Å². The highest BCUT2D eigenvalue weighted by atomic mass is 16.6. The van der Waals surface area contributed by atoms with Crippen molar-refractivity contribution in [2.75, 3.05) is 20.2 Å². The van der Waals surface area contributed by atoms with Crippen molar-refractivity contribution in [1.82, 2.24) is 4.90 Å². The molecule has 0 radical (unpaired) electrons. The van der Waals surface area contributed by atoms with E-state index in [0.29, 0.717) is 19.5 Å². The first-order valence-corrected chi connectivity index (χ1v) is 6.59. The first kappa shape index (κ1) is 14.4. The monoisotopic (exact) mass is 277 g/mol. The molecule has 0 spiro atoms. The van der Waals surface area contributed by atoms with Gasteiger partial charge >= 0.3 is 12.1 Å². The van der Waals surface area contributed by atoms with Crippen LogP contribution in [0.5, 0.6) is 0 Å². The zero-order chi connectivity index (χ0) is 14.6. The first-order chi connectivity index (χ1) is 9.55. The highest BCUT2D eigenvalue weighted by Crippen LogP contribution is 2.31. The molecule has 1 aromatic rings. The Bertz CT molecular complexity index is 488. The molecule has 0 N–H and O–H groups in total. The zero-order valence-corrected chi connectivity index (χ0v) is 11.8. The summed E-state index contributed by atoms with van der Waals surface area (Å²) in [4.78, 5) is 25.2. The summed E-state index contributed by atoms with van der Waals surface area (Å²) in [5.41, 5.74) is 0.316. The summed E-state index contributed by atoms with van der Waals surface area (Å²) in [6.45, 7) is 2.90. The number of rotatable bonds is 3. The van der Waals surface area contributed by atoms with E-state index in [-0.39, 0.29) is 18.7 Å². The smallest absolute Gasteiger partial charge is 0.410 e. The van der Waals surface area contributed by atoms with Crippen LogP contribution in [0.3, 0.4) is 0 Å². The number of hydrogen-bond acceptors (Lipinski definition) is 4. The fourth-order valence-electron chi connectivity index (χ4n) is 2.34. The summed E-state index contributed by atoms with van der Waals surface area (Å²) in [6.07, 6.45) is 0.210. The summed E-state index contributed by atoms with van der Waals surface area (Å²) < 4.78 is 10.0. The number of benzene rings is 1. The second-order valence-corrected chi connectivity index (χ2v) is 5.26. The van der Waals surface area contributed by atoms with Gasteiger partial charge in [-0.2, -0.15) is 0 Å². The van der Waals surface area contributed by atoms with E-state index in [2.05, 4.69) is 0 Å². The van der Waals surface area contributed by atoms with E-state index in [9.17, 15) is 9.59 Å². The number of likely N-dealkylation sites (tertiary alicyclic amines) is 1. The quantitative estimate of drug-likeness (QED) is 0.795. The molecule has 2 rings (SSSR count). The Morgan fingerprint density at radius 1 is 1.30 bits per heavy atom. The maximum absolute atomic E-state index is 12.0. The Labute approximate surface area is 118 Å². The van der Waals surface area contributed by atoms with Crippen molar-refractivity contribution in [3.8, 4) is 0 Å². The van der Waals surface area contributed by atoms with Gasteiger partial charge in [0, 0.05) is 13.1 Å². The maximum Gasteiger partial charge on any atom is 0.410 e. The largest absolute Gasteiger partial charge is 0.469 e. The molecule has 1 aromatic carbocycles. The van der Waals surface area contributed by atoms with Gasteiger partial charge in [-0.1, -0.05) is 30.3 Å². The van der Waals surface area contributed by atoms with Crippen molar-refractivity contribution < 1.29 is 19.1 Å². The van der Waals surface area contributed by atoms with Crippen molar-refractivity contribution in [3.63, 3.8) is 0 Å². The number of ether oxygens (including phenoxy) is 2. The number of esters is 1. The highest BCUT2D eigenvalue weighted by Gasteiger charge is 2.43. The molecule has 0 bridgehead atoms. The summed E-state index contributed by atoms with van der Waals surface area (Å²) in [7, 11) is 1.37. The number of amides is 1. The highest BCUT2D eigenvalue weighted by molar-refractivity contribution is 5.79. The average molecular weight is 277 g/mol. The molecule has 1 aliphatic heterocycles. The molecule has 0 saturated carbocycles. The molecule has 1 atom stereocenters. The normalized spacial score (nSPS) is 21.6. The average Bonchev–Trinajstić information content (AvgIpc) is 2.89. The molecule has 0 aromatic heterocycles. The summed E-state index contributed by atoms with van der Waals surface area (Å²) >= 11 is 0. The Balaban J connectivity index is 1.87. The molecule has 5 nitrogen and oxygen atoms in total. The Kier molecular flexibility index (Phi) is 4.27. The second kappa shape index (κ2) is 5.94. The summed E-state index contributed by atoms with van der Waals surface area (Å²) in [5, 5.41) is 0. The van der Waals surface area contributed by atoms with Crippen molar-refractivity contribution in [3.05, 3.63) is 35.9 Å². The fourth-order valence-corrected chi connectivity index (χ4v) is 2.34. The van der Waals surface area contributed by atoms with Crippen molar-refractivity contribution in [2.45, 2.75) is 20.0 Å². The van der Waals surface area contributed by atoms with E-state index >= 15 is 0 Å². The van der Waals surface area contributed by atoms with Crippen LogP contribution in [0.1, 0.15) is 18.9 Å². The van der Waals surface area contributed by atoms with E-state index in [1.165, 1.54) is 7.11 Å². The molecule has 1 amide bonds. The molecule has 108 valence electrons. The lowest BCUT2D eigenvalue weighted by Gasteiger charge is -2.21. The fraction of sp³-hybridized carbons (Fsp3) is 0.467. The predicted octanol–water partition coefficient (Wildman–Crippen LogP) is 2.21. The van der Waals surface area contributed by atoms with Crippen LogP contribution < -0.4 is 0 Å². The number of hydrogen-bond donors (Lipinski definition) is 0. The number of nitrogens with zero attached hydrogens (tertiary/aromatic N) is 1. The van der Waals surface area contributed by atoms with Crippen LogP contribution >= 0.6 is 0 Å². The van der Waals surface area contributed by atoms with Crippen molar-refractivity contribution >= 4 is 12.1 Å². The molecule has 1 fully saturated rings. The zero-order valence-electron chi connectivity index (χ0n) is 11.8. The molecular formula is C15H19NO4. The van der Waals surface area contributed by atoms with Gasteiger partial charge in [0.05, 0.1) is 12.5 Å². The van der Waals surface area contributed by atoms with E-state index in [1.54, 1.807) is 4.90 Å². The Hall–Kier alpha value is -2.04. The number of carbonyl (C=O) groups excluding carboxylic acids is 2. The van der Waals surface area contributed by atoms with E-state index < -0.39 is 5.41 Å². The van der Waals surface area contributed by atoms with Crippen LogP contribution in [0.2, 0.25) is 0 Å². The van der Waals surface area contributed by atoms with Crippen LogP contribution in [0, 0.1) is 5.41 Å². The van der Waals surface area contributed by atoms with E-state index in [1.807, 2.05) is 37.3 Å². The molecule has 0 aliphatic carbocycles. The van der Waals surface area contributed by atoms with Gasteiger partial charge in [-0.3, -0.25) is 4.79 Å². The lowest BCUT2D eigenvalue weighted by molar-refractivity contribution is -0.150. The van der Waals surface area contributed by atoms with Crippen LogP contribution in [-0.2, 0) is 20.9 Å². The van der Waals surface area contributed by atoms with Gasteiger partial charge in [0.25, 0.3) is 0 Å². The van der Waals surface area contributed by atoms with Gasteiger partial charge in [0.15, 0.2) is 0 Å². The van der Waals surface area contributed by atoms with Crippen molar-refractivity contribution in [2.24, 2.45) is 5.41 Å². The second-order valence-electron chi connectivity index (χ2n) is 5.26. The first-order valence-electron chi connectivity index (χ1n) is 6.59. The SMILES string of the molecule is COC(=O)C1(C)CCN(C(=O)OCc2ccccc2)C1. The minimum Gasteiger partial charge on any atom is -0.469 e.